The van der Waals surface area contributed by atoms with Crippen molar-refractivity contribution in [2.75, 3.05) is 78.7 Å². The summed E-state index contributed by atoms with van der Waals surface area (Å²) in [5, 5.41) is 16.3. The lowest BCUT2D eigenvalue weighted by Gasteiger charge is -2.47. The molecular formula is C41H56N6O6S2. The Morgan fingerprint density at radius 2 is 1.82 bits per heavy atom. The van der Waals surface area contributed by atoms with Gasteiger partial charge in [-0.05, 0) is 68.3 Å². The number of carbonyl (C=O) groups excluding carboxylic acids is 2. The van der Waals surface area contributed by atoms with Crippen LogP contribution in [0.15, 0.2) is 46.6 Å². The van der Waals surface area contributed by atoms with Crippen LogP contribution in [0.3, 0.4) is 0 Å². The van der Waals surface area contributed by atoms with Crippen LogP contribution in [0.4, 0.5) is 0 Å². The van der Waals surface area contributed by atoms with Gasteiger partial charge in [-0.25, -0.2) is 4.98 Å². The molecule has 2 aromatic carbocycles. The van der Waals surface area contributed by atoms with Crippen molar-refractivity contribution in [1.29, 1.82) is 0 Å². The summed E-state index contributed by atoms with van der Waals surface area (Å²) in [6, 6.07) is 12.2. The molecule has 6 rings (SSSR count). The number of phenols is 1. The number of thiazole rings is 2. The van der Waals surface area contributed by atoms with Gasteiger partial charge in [-0.15, -0.1) is 11.3 Å². The maximum atomic E-state index is 13.2. The molecule has 2 aromatic heterocycles. The number of fused-ring (bicyclic) bond motifs is 1. The number of ether oxygens (including phenoxy) is 2. The molecule has 2 aliphatic rings. The minimum atomic E-state index is -0.258. The number of benzene rings is 2. The second kappa shape index (κ2) is 19.5. The highest BCUT2D eigenvalue weighted by atomic mass is 32.1. The van der Waals surface area contributed by atoms with E-state index in [0.29, 0.717) is 82.6 Å². The van der Waals surface area contributed by atoms with Crippen molar-refractivity contribution in [1.82, 2.24) is 30.0 Å². The van der Waals surface area contributed by atoms with Crippen molar-refractivity contribution in [3.8, 4) is 5.75 Å². The van der Waals surface area contributed by atoms with Crippen LogP contribution in [0.2, 0.25) is 0 Å². The molecule has 0 radical (unpaired) electrons. The molecule has 2 saturated heterocycles. The van der Waals surface area contributed by atoms with Crippen LogP contribution in [0.5, 0.6) is 5.75 Å². The van der Waals surface area contributed by atoms with Gasteiger partial charge in [0.25, 0.3) is 5.91 Å². The van der Waals surface area contributed by atoms with E-state index in [0.717, 1.165) is 78.3 Å². The molecule has 2 fully saturated rings. The van der Waals surface area contributed by atoms with Crippen molar-refractivity contribution in [2.24, 2.45) is 0 Å². The fraction of sp³-hybridized carbons (Fsp3) is 0.561. The van der Waals surface area contributed by atoms with E-state index in [1.807, 2.05) is 28.2 Å². The standard InChI is InChI=1S/C41H56N6O6S2/c1-4-46(22-18-42-17-11-32-9-10-34(48)36-37(32)55-40(51)44-36)35(49)14-25-52-24-13-31-7-5-30(6-8-31)12-19-45-20-15-41(16-21-45)28-47(23-26-53-41)39(50)33-27-54-38(43-33)29(2)3/h5-10,27,29,42,48H,4,11-26,28H2,1-3H3,(H,44,51). The Bertz CT molecular complexity index is 1920. The first-order valence-electron chi connectivity index (χ1n) is 19.7. The van der Waals surface area contributed by atoms with Crippen LogP contribution in [-0.2, 0) is 33.5 Å². The number of aromatic hydroxyl groups is 1. The van der Waals surface area contributed by atoms with E-state index in [2.05, 4.69) is 58.3 Å². The largest absolute Gasteiger partial charge is 0.506 e. The second-order valence-electron chi connectivity index (χ2n) is 14.9. The number of carbonyl (C=O) groups is 2. The minimum absolute atomic E-state index is 0.0276. The SMILES string of the molecule is CCN(CCNCCc1ccc(O)c2[nH]c(=O)sc12)C(=O)CCOCCc1ccc(CCN2CCC3(CC2)CN(C(=O)c2csc(C(C)C)n2)CCO3)cc1. The van der Waals surface area contributed by atoms with Gasteiger partial charge in [-0.3, -0.25) is 14.4 Å². The summed E-state index contributed by atoms with van der Waals surface area (Å²) < 4.78 is 13.0. The quantitative estimate of drug-likeness (QED) is 0.118. The molecule has 3 N–H and O–H groups in total. The minimum Gasteiger partial charge on any atom is -0.506 e. The summed E-state index contributed by atoms with van der Waals surface area (Å²) in [6.45, 7) is 14.6. The molecule has 0 unspecified atom stereocenters. The summed E-state index contributed by atoms with van der Waals surface area (Å²) in [5.41, 5.74) is 4.35. The molecule has 2 amide bonds. The first kappa shape index (κ1) is 41.0. The van der Waals surface area contributed by atoms with Gasteiger partial charge in [-0.2, -0.15) is 0 Å². The van der Waals surface area contributed by atoms with Crippen LogP contribution >= 0.6 is 22.7 Å². The summed E-state index contributed by atoms with van der Waals surface area (Å²) in [4.78, 5) is 51.2. The Balaban J connectivity index is 0.822. The maximum Gasteiger partial charge on any atom is 0.305 e. The molecule has 1 spiro atoms. The van der Waals surface area contributed by atoms with Crippen molar-refractivity contribution < 1.29 is 24.2 Å². The van der Waals surface area contributed by atoms with Gasteiger partial charge in [0.1, 0.15) is 17.0 Å². The molecule has 0 bridgehead atoms. The van der Waals surface area contributed by atoms with Gasteiger partial charge in [0, 0.05) is 57.1 Å². The smallest absolute Gasteiger partial charge is 0.305 e. The van der Waals surface area contributed by atoms with E-state index in [1.54, 1.807) is 17.4 Å². The third-order valence-corrected chi connectivity index (χ3v) is 12.9. The Labute approximate surface area is 331 Å². The average Bonchev–Trinajstić information content (AvgIpc) is 3.85. The zero-order chi connectivity index (χ0) is 38.8. The van der Waals surface area contributed by atoms with Gasteiger partial charge in [0.05, 0.1) is 48.1 Å². The van der Waals surface area contributed by atoms with E-state index < -0.39 is 0 Å². The number of nitrogens with zero attached hydrogens (tertiary/aromatic N) is 4. The number of H-pyrrole nitrogens is 1. The van der Waals surface area contributed by atoms with E-state index in [4.69, 9.17) is 9.47 Å². The molecule has 0 aliphatic carbocycles. The molecule has 14 heteroatoms. The number of piperidine rings is 1. The van der Waals surface area contributed by atoms with Gasteiger partial charge in [0.2, 0.25) is 5.91 Å². The third-order valence-electron chi connectivity index (χ3n) is 10.8. The molecule has 12 nitrogen and oxygen atoms in total. The highest BCUT2D eigenvalue weighted by molar-refractivity contribution is 7.16. The number of likely N-dealkylation sites (N-methyl/N-ethyl adjacent to an activating group) is 1. The number of likely N-dealkylation sites (tertiary alicyclic amines) is 1. The van der Waals surface area contributed by atoms with Crippen LogP contribution in [0.25, 0.3) is 10.2 Å². The van der Waals surface area contributed by atoms with E-state index in [1.165, 1.54) is 11.1 Å². The lowest BCUT2D eigenvalue weighted by Crippen LogP contribution is -2.58. The molecule has 2 aliphatic heterocycles. The number of amides is 2. The number of hydrogen-bond acceptors (Lipinski definition) is 11. The van der Waals surface area contributed by atoms with Crippen LogP contribution in [0, 0.1) is 0 Å². The summed E-state index contributed by atoms with van der Waals surface area (Å²) in [7, 11) is 0. The zero-order valence-corrected chi connectivity index (χ0v) is 34.1. The highest BCUT2D eigenvalue weighted by Gasteiger charge is 2.41. The second-order valence-corrected chi connectivity index (χ2v) is 16.8. The van der Waals surface area contributed by atoms with Gasteiger partial charge in [0.15, 0.2) is 0 Å². The monoisotopic (exact) mass is 792 g/mol. The predicted molar refractivity (Wildman–Crippen MR) is 219 cm³/mol. The van der Waals surface area contributed by atoms with E-state index >= 15 is 0 Å². The van der Waals surface area contributed by atoms with Crippen LogP contribution in [-0.4, -0.2) is 126 Å². The van der Waals surface area contributed by atoms with Gasteiger partial charge >= 0.3 is 4.87 Å². The first-order valence-corrected chi connectivity index (χ1v) is 21.4. The van der Waals surface area contributed by atoms with E-state index in [9.17, 15) is 19.5 Å². The average molecular weight is 793 g/mol. The number of aromatic amines is 1. The first-order chi connectivity index (χ1) is 26.6. The lowest BCUT2D eigenvalue weighted by molar-refractivity contribution is -0.132. The number of nitrogens with one attached hydrogen (secondary N) is 2. The summed E-state index contributed by atoms with van der Waals surface area (Å²) >= 11 is 2.68. The number of rotatable bonds is 18. The van der Waals surface area contributed by atoms with Gasteiger partial charge in [-0.1, -0.05) is 55.5 Å². The summed E-state index contributed by atoms with van der Waals surface area (Å²) in [6.07, 6.45) is 4.72. The maximum absolute atomic E-state index is 13.2. The highest BCUT2D eigenvalue weighted by Crippen LogP contribution is 2.32. The number of aromatic nitrogens is 2. The van der Waals surface area contributed by atoms with E-state index in [-0.39, 0.29) is 28.0 Å². The third kappa shape index (κ3) is 11.0. The molecule has 4 heterocycles. The fourth-order valence-corrected chi connectivity index (χ4v) is 9.08. The van der Waals surface area contributed by atoms with Crippen molar-refractivity contribution in [3.63, 3.8) is 0 Å². The zero-order valence-electron chi connectivity index (χ0n) is 32.4. The summed E-state index contributed by atoms with van der Waals surface area (Å²) in [5.74, 6) is 0.526. The molecule has 298 valence electrons. The molecular weight excluding hydrogens is 737 g/mol. The lowest BCUT2D eigenvalue weighted by atomic mass is 9.89. The topological polar surface area (TPSA) is 140 Å². The predicted octanol–water partition coefficient (Wildman–Crippen LogP) is 5.05. The number of phenolic OH excluding ortho intramolecular Hbond substituents is 1. The van der Waals surface area contributed by atoms with Crippen LogP contribution in [0.1, 0.15) is 78.1 Å². The Hall–Kier alpha value is -3.66. The molecule has 0 atom stereocenters. The fourth-order valence-electron chi connectivity index (χ4n) is 7.38. The normalized spacial score (nSPS) is 16.0. The Morgan fingerprint density at radius 1 is 1.05 bits per heavy atom. The molecule has 4 aromatic rings. The van der Waals surface area contributed by atoms with Gasteiger partial charge < -0.3 is 39.6 Å². The van der Waals surface area contributed by atoms with Crippen LogP contribution < -0.4 is 10.2 Å². The van der Waals surface area contributed by atoms with Crippen molar-refractivity contribution in [3.05, 3.63) is 78.8 Å². The Morgan fingerprint density at radius 3 is 2.55 bits per heavy atom. The Kier molecular flexibility index (Phi) is 14.5. The number of hydrogen-bond donors (Lipinski definition) is 3. The molecule has 0 saturated carbocycles. The van der Waals surface area contributed by atoms with Crippen molar-refractivity contribution >= 4 is 44.7 Å². The van der Waals surface area contributed by atoms with Crippen molar-refractivity contribution in [2.45, 2.75) is 70.8 Å². The molecule has 55 heavy (non-hydrogen) atoms. The number of morpholine rings is 1.